The van der Waals surface area contributed by atoms with Gasteiger partial charge >= 0.3 is 0 Å². The fourth-order valence-electron chi connectivity index (χ4n) is 2.44. The van der Waals surface area contributed by atoms with Crippen molar-refractivity contribution in [1.29, 1.82) is 0 Å². The summed E-state index contributed by atoms with van der Waals surface area (Å²) in [6, 6.07) is 4.85. The zero-order valence-electron chi connectivity index (χ0n) is 9.04. The normalized spacial score (nSPS) is 18.6. The predicted molar refractivity (Wildman–Crippen MR) is 62.5 cm³/mol. The van der Waals surface area contributed by atoms with E-state index in [0.29, 0.717) is 5.92 Å². The van der Waals surface area contributed by atoms with Gasteiger partial charge in [-0.1, -0.05) is 6.42 Å². The van der Waals surface area contributed by atoms with Crippen LogP contribution in [0, 0.1) is 11.7 Å². The Morgan fingerprint density at radius 3 is 2.88 bits per heavy atom. The molecule has 0 spiro atoms. The number of aromatic amines is 1. The van der Waals surface area contributed by atoms with Gasteiger partial charge in [0.1, 0.15) is 5.82 Å². The van der Waals surface area contributed by atoms with Gasteiger partial charge in [-0.3, -0.25) is 0 Å². The molecule has 3 rings (SSSR count). The topological polar surface area (TPSA) is 41.8 Å². The molecule has 1 aromatic heterocycles. The van der Waals surface area contributed by atoms with Crippen molar-refractivity contribution in [2.45, 2.75) is 25.3 Å². The van der Waals surface area contributed by atoms with E-state index in [-0.39, 0.29) is 11.9 Å². The van der Waals surface area contributed by atoms with Crippen molar-refractivity contribution < 1.29 is 4.39 Å². The minimum absolute atomic E-state index is 0.0456. The van der Waals surface area contributed by atoms with Gasteiger partial charge in [-0.05, 0) is 42.5 Å². The molecule has 1 heterocycles. The van der Waals surface area contributed by atoms with Gasteiger partial charge in [0, 0.05) is 23.1 Å². The molecule has 1 aliphatic carbocycles. The monoisotopic (exact) mass is 218 g/mol. The highest BCUT2D eigenvalue weighted by Gasteiger charge is 2.27. The van der Waals surface area contributed by atoms with Gasteiger partial charge in [0.05, 0.1) is 0 Å². The summed E-state index contributed by atoms with van der Waals surface area (Å²) in [5.74, 6) is 0.372. The third-order valence-corrected chi connectivity index (χ3v) is 3.69. The summed E-state index contributed by atoms with van der Waals surface area (Å²) in [6.45, 7) is 0. The Balaban J connectivity index is 2.05. The summed E-state index contributed by atoms with van der Waals surface area (Å²) in [6.07, 6.45) is 5.59. The molecule has 3 heteroatoms. The molecule has 0 amide bonds. The highest BCUT2D eigenvalue weighted by Crippen LogP contribution is 2.38. The van der Waals surface area contributed by atoms with Crippen molar-refractivity contribution in [3.05, 3.63) is 35.8 Å². The largest absolute Gasteiger partial charge is 0.361 e. The van der Waals surface area contributed by atoms with Gasteiger partial charge in [-0.15, -0.1) is 0 Å². The second-order valence-electron chi connectivity index (χ2n) is 4.65. The Hall–Kier alpha value is -1.35. The molecule has 1 fully saturated rings. The van der Waals surface area contributed by atoms with Crippen LogP contribution in [-0.2, 0) is 0 Å². The number of nitrogens with two attached hydrogens (primary N) is 1. The van der Waals surface area contributed by atoms with Crippen LogP contribution in [0.3, 0.4) is 0 Å². The Bertz CT molecular complexity index is 514. The lowest BCUT2D eigenvalue weighted by atomic mass is 9.77. The molecule has 0 aliphatic heterocycles. The third kappa shape index (κ3) is 1.43. The molecule has 1 atom stereocenters. The van der Waals surface area contributed by atoms with E-state index >= 15 is 0 Å². The number of rotatable bonds is 2. The molecule has 0 radical (unpaired) electrons. The molecule has 0 saturated heterocycles. The van der Waals surface area contributed by atoms with Crippen LogP contribution in [0.25, 0.3) is 10.9 Å². The maximum atomic E-state index is 13.2. The summed E-state index contributed by atoms with van der Waals surface area (Å²) >= 11 is 0. The number of hydrogen-bond donors (Lipinski definition) is 2. The van der Waals surface area contributed by atoms with Crippen molar-refractivity contribution in [3.8, 4) is 0 Å². The molecular formula is C13H15FN2. The maximum absolute atomic E-state index is 13.2. The summed E-state index contributed by atoms with van der Waals surface area (Å²) in [5.41, 5.74) is 8.24. The molecule has 1 aromatic carbocycles. The summed E-state index contributed by atoms with van der Waals surface area (Å²) in [5, 5.41) is 0.930. The lowest BCUT2D eigenvalue weighted by molar-refractivity contribution is 0.265. The van der Waals surface area contributed by atoms with Crippen molar-refractivity contribution in [2.24, 2.45) is 11.7 Å². The van der Waals surface area contributed by atoms with E-state index in [0.717, 1.165) is 16.5 Å². The molecule has 0 bridgehead atoms. The molecule has 1 unspecified atom stereocenters. The van der Waals surface area contributed by atoms with Crippen LogP contribution < -0.4 is 5.73 Å². The SMILES string of the molecule is NC(c1c[nH]c2ccc(F)cc12)C1CCC1. The highest BCUT2D eigenvalue weighted by molar-refractivity contribution is 5.83. The fraction of sp³-hybridized carbons (Fsp3) is 0.385. The minimum Gasteiger partial charge on any atom is -0.361 e. The van der Waals surface area contributed by atoms with Crippen LogP contribution in [0.4, 0.5) is 4.39 Å². The van der Waals surface area contributed by atoms with E-state index in [1.807, 2.05) is 6.20 Å². The second kappa shape index (κ2) is 3.59. The lowest BCUT2D eigenvalue weighted by Crippen LogP contribution is -2.26. The van der Waals surface area contributed by atoms with E-state index < -0.39 is 0 Å². The maximum Gasteiger partial charge on any atom is 0.123 e. The van der Waals surface area contributed by atoms with Crippen molar-refractivity contribution in [1.82, 2.24) is 4.98 Å². The van der Waals surface area contributed by atoms with E-state index in [4.69, 9.17) is 5.73 Å². The minimum atomic E-state index is -0.200. The molecule has 84 valence electrons. The van der Waals surface area contributed by atoms with Crippen LogP contribution in [-0.4, -0.2) is 4.98 Å². The average Bonchev–Trinajstić information content (AvgIpc) is 2.57. The number of hydrogen-bond acceptors (Lipinski definition) is 1. The van der Waals surface area contributed by atoms with Crippen LogP contribution in [0.1, 0.15) is 30.9 Å². The molecule has 2 nitrogen and oxygen atoms in total. The van der Waals surface area contributed by atoms with Gasteiger partial charge in [0.15, 0.2) is 0 Å². The van der Waals surface area contributed by atoms with E-state index in [2.05, 4.69) is 4.98 Å². The number of halogens is 1. The quantitative estimate of drug-likeness (QED) is 0.799. The predicted octanol–water partition coefficient (Wildman–Crippen LogP) is 3.11. The van der Waals surface area contributed by atoms with Crippen molar-refractivity contribution >= 4 is 10.9 Å². The smallest absolute Gasteiger partial charge is 0.123 e. The lowest BCUT2D eigenvalue weighted by Gasteiger charge is -2.31. The Morgan fingerprint density at radius 1 is 1.38 bits per heavy atom. The molecule has 16 heavy (non-hydrogen) atoms. The zero-order chi connectivity index (χ0) is 11.1. The summed E-state index contributed by atoms with van der Waals surface area (Å²) < 4.78 is 13.2. The molecule has 3 N–H and O–H groups in total. The zero-order valence-corrected chi connectivity index (χ0v) is 9.04. The Morgan fingerprint density at radius 2 is 2.19 bits per heavy atom. The summed E-state index contributed by atoms with van der Waals surface area (Å²) in [4.78, 5) is 3.15. The van der Waals surface area contributed by atoms with E-state index in [1.54, 1.807) is 12.1 Å². The van der Waals surface area contributed by atoms with Crippen LogP contribution in [0.15, 0.2) is 24.4 Å². The number of aromatic nitrogens is 1. The molecule has 2 aromatic rings. The Kier molecular flexibility index (Phi) is 2.21. The second-order valence-corrected chi connectivity index (χ2v) is 4.65. The van der Waals surface area contributed by atoms with E-state index in [9.17, 15) is 4.39 Å². The van der Waals surface area contributed by atoms with Crippen LogP contribution >= 0.6 is 0 Å². The first kappa shape index (κ1) is 9.85. The number of H-pyrrole nitrogens is 1. The fourth-order valence-corrected chi connectivity index (χ4v) is 2.44. The van der Waals surface area contributed by atoms with Crippen LogP contribution in [0.2, 0.25) is 0 Å². The number of fused-ring (bicyclic) bond motifs is 1. The van der Waals surface area contributed by atoms with Crippen molar-refractivity contribution in [3.63, 3.8) is 0 Å². The summed E-state index contributed by atoms with van der Waals surface area (Å²) in [7, 11) is 0. The Labute approximate surface area is 93.6 Å². The van der Waals surface area contributed by atoms with Crippen LogP contribution in [0.5, 0.6) is 0 Å². The van der Waals surface area contributed by atoms with Crippen molar-refractivity contribution in [2.75, 3.05) is 0 Å². The number of nitrogens with one attached hydrogen (secondary N) is 1. The number of benzene rings is 1. The molecule has 1 aliphatic rings. The molecular weight excluding hydrogens is 203 g/mol. The first-order chi connectivity index (χ1) is 7.75. The highest BCUT2D eigenvalue weighted by atomic mass is 19.1. The van der Waals surface area contributed by atoms with Gasteiger partial charge in [-0.2, -0.15) is 0 Å². The average molecular weight is 218 g/mol. The van der Waals surface area contributed by atoms with Gasteiger partial charge in [-0.25, -0.2) is 4.39 Å². The standard InChI is InChI=1S/C13H15FN2/c14-9-4-5-12-10(6-9)11(7-16-12)13(15)8-2-1-3-8/h4-8,13,16H,1-3,15H2. The first-order valence-electron chi connectivity index (χ1n) is 5.78. The van der Waals surface area contributed by atoms with E-state index in [1.165, 1.54) is 25.3 Å². The molecule has 1 saturated carbocycles. The van der Waals surface area contributed by atoms with Gasteiger partial charge in [0.2, 0.25) is 0 Å². The van der Waals surface area contributed by atoms with Gasteiger partial charge < -0.3 is 10.7 Å². The third-order valence-electron chi connectivity index (χ3n) is 3.69. The first-order valence-corrected chi connectivity index (χ1v) is 5.78. The van der Waals surface area contributed by atoms with Gasteiger partial charge in [0.25, 0.3) is 0 Å².